The fraction of sp³-hybridized carbons (Fsp3) is 0.636. The molecule has 2 atom stereocenters. The maximum absolute atomic E-state index is 11.7. The maximum atomic E-state index is 11.7. The lowest BCUT2D eigenvalue weighted by Gasteiger charge is -2.14. The molecule has 0 aromatic carbocycles. The minimum Gasteiger partial charge on any atom is -0.458 e. The molecule has 0 rings (SSSR count). The highest BCUT2D eigenvalue weighted by Gasteiger charge is 2.13. The van der Waals surface area contributed by atoms with Crippen molar-refractivity contribution in [2.75, 3.05) is 26.3 Å². The first-order valence-electron chi connectivity index (χ1n) is 10.6. The van der Waals surface area contributed by atoms with Gasteiger partial charge in [0.1, 0.15) is 25.4 Å². The lowest BCUT2D eigenvalue weighted by Crippen LogP contribution is -2.31. The number of hydrogen-bond acceptors (Lipinski definition) is 8. The summed E-state index contributed by atoms with van der Waals surface area (Å²) < 4.78 is 20.0. The van der Waals surface area contributed by atoms with Crippen LogP contribution in [0.2, 0.25) is 0 Å². The molecule has 32 heavy (non-hydrogen) atoms. The van der Waals surface area contributed by atoms with Crippen molar-refractivity contribution in [2.45, 2.75) is 65.6 Å². The molecule has 182 valence electrons. The van der Waals surface area contributed by atoms with Gasteiger partial charge in [-0.3, -0.25) is 0 Å². The number of rotatable bonds is 15. The third-order valence-corrected chi connectivity index (χ3v) is 3.85. The van der Waals surface area contributed by atoms with Crippen LogP contribution in [0.3, 0.4) is 0 Å². The van der Waals surface area contributed by atoms with E-state index in [1.54, 1.807) is 13.8 Å². The monoisotopic (exact) mass is 456 g/mol. The molecule has 0 radical (unpaired) electrons. The molecule has 0 bridgehead atoms. The van der Waals surface area contributed by atoms with Gasteiger partial charge in [0.05, 0.1) is 0 Å². The number of unbranched alkanes of at least 4 members (excludes halogenated alkanes) is 3. The van der Waals surface area contributed by atoms with E-state index in [0.717, 1.165) is 25.7 Å². The Morgan fingerprint density at radius 2 is 1.03 bits per heavy atom. The molecular formula is C22H36N2O8. The van der Waals surface area contributed by atoms with Gasteiger partial charge in [-0.25, -0.2) is 19.2 Å². The summed E-state index contributed by atoms with van der Waals surface area (Å²) in [7, 11) is 0. The Morgan fingerprint density at radius 1 is 0.688 bits per heavy atom. The highest BCUT2D eigenvalue weighted by atomic mass is 16.6. The first-order chi connectivity index (χ1) is 15.0. The number of carbonyl (C=O) groups excluding carboxylic acids is 4. The minimum atomic E-state index is -0.573. The van der Waals surface area contributed by atoms with Crippen molar-refractivity contribution >= 4 is 24.1 Å². The van der Waals surface area contributed by atoms with Crippen molar-refractivity contribution in [1.29, 1.82) is 0 Å². The molecule has 2 amide bonds. The highest BCUT2D eigenvalue weighted by Crippen LogP contribution is 2.01. The number of carbonyl (C=O) groups is 4. The quantitative estimate of drug-likeness (QED) is 0.166. The Kier molecular flexibility index (Phi) is 15.0. The topological polar surface area (TPSA) is 129 Å². The van der Waals surface area contributed by atoms with E-state index in [2.05, 4.69) is 23.8 Å². The third-order valence-electron chi connectivity index (χ3n) is 3.85. The Balaban J connectivity index is 3.66. The second kappa shape index (κ2) is 16.6. The van der Waals surface area contributed by atoms with Crippen LogP contribution >= 0.6 is 0 Å². The summed E-state index contributed by atoms with van der Waals surface area (Å²) in [5.41, 5.74) is 0.565. The van der Waals surface area contributed by atoms with E-state index in [4.69, 9.17) is 18.9 Å². The van der Waals surface area contributed by atoms with Crippen LogP contribution in [0.25, 0.3) is 0 Å². The third kappa shape index (κ3) is 15.8. The van der Waals surface area contributed by atoms with Crippen LogP contribution in [0.15, 0.2) is 24.3 Å². The summed E-state index contributed by atoms with van der Waals surface area (Å²) in [6, 6.07) is 0. The van der Waals surface area contributed by atoms with Crippen LogP contribution in [-0.2, 0) is 28.5 Å². The largest absolute Gasteiger partial charge is 0.458 e. The SMILES string of the molecule is C=C(C)C(=O)OCC(C)OC(=O)NCCCCCCNC(=O)OC(C)COC(=O)C(=C)C. The van der Waals surface area contributed by atoms with Gasteiger partial charge in [-0.1, -0.05) is 26.0 Å². The summed E-state index contributed by atoms with van der Waals surface area (Å²) in [5.74, 6) is -1.05. The van der Waals surface area contributed by atoms with Crippen LogP contribution in [0.5, 0.6) is 0 Å². The van der Waals surface area contributed by atoms with Gasteiger partial charge in [0.15, 0.2) is 0 Å². The smallest absolute Gasteiger partial charge is 0.407 e. The molecular weight excluding hydrogens is 420 g/mol. The fourth-order valence-electron chi connectivity index (χ4n) is 2.13. The summed E-state index contributed by atoms with van der Waals surface area (Å²) >= 11 is 0. The van der Waals surface area contributed by atoms with E-state index >= 15 is 0 Å². The molecule has 0 aromatic heterocycles. The van der Waals surface area contributed by atoms with Crippen molar-refractivity contribution < 1.29 is 38.1 Å². The number of esters is 2. The normalized spacial score (nSPS) is 12.0. The molecule has 0 saturated heterocycles. The van der Waals surface area contributed by atoms with Crippen LogP contribution < -0.4 is 10.6 Å². The predicted molar refractivity (Wildman–Crippen MR) is 118 cm³/mol. The zero-order valence-corrected chi connectivity index (χ0v) is 19.5. The fourth-order valence-corrected chi connectivity index (χ4v) is 2.13. The van der Waals surface area contributed by atoms with Crippen molar-refractivity contribution in [2.24, 2.45) is 0 Å². The minimum absolute atomic E-state index is 0.0348. The summed E-state index contributed by atoms with van der Waals surface area (Å²) in [6.07, 6.45) is 0.946. The summed E-state index contributed by atoms with van der Waals surface area (Å²) in [5, 5.41) is 5.26. The van der Waals surface area contributed by atoms with Crippen LogP contribution in [0.4, 0.5) is 9.59 Å². The molecule has 10 nitrogen and oxygen atoms in total. The van der Waals surface area contributed by atoms with Crippen LogP contribution in [0, 0.1) is 0 Å². The highest BCUT2D eigenvalue weighted by molar-refractivity contribution is 5.87. The second-order valence-corrected chi connectivity index (χ2v) is 7.46. The van der Waals surface area contributed by atoms with Crippen LogP contribution in [0.1, 0.15) is 53.4 Å². The van der Waals surface area contributed by atoms with Gasteiger partial charge in [0, 0.05) is 24.2 Å². The van der Waals surface area contributed by atoms with Gasteiger partial charge >= 0.3 is 24.1 Å². The molecule has 2 N–H and O–H groups in total. The molecule has 0 aliphatic carbocycles. The summed E-state index contributed by atoms with van der Waals surface area (Å²) in [6.45, 7) is 14.1. The molecule has 0 aromatic rings. The molecule has 0 saturated carbocycles. The molecule has 10 heteroatoms. The van der Waals surface area contributed by atoms with Gasteiger partial charge in [0.25, 0.3) is 0 Å². The van der Waals surface area contributed by atoms with Crippen molar-refractivity contribution in [3.63, 3.8) is 0 Å². The maximum Gasteiger partial charge on any atom is 0.407 e. The van der Waals surface area contributed by atoms with E-state index < -0.39 is 36.3 Å². The average molecular weight is 457 g/mol. The van der Waals surface area contributed by atoms with Crippen molar-refractivity contribution in [1.82, 2.24) is 10.6 Å². The standard InChI is InChI=1S/C22H36N2O8/c1-15(2)19(25)29-13-17(5)31-21(27)23-11-9-7-8-10-12-24-22(28)32-18(6)14-30-20(26)16(3)4/h17-18H,1,3,7-14H2,2,4-6H3,(H,23,27)(H,24,28). The second-order valence-electron chi connectivity index (χ2n) is 7.46. The van der Waals surface area contributed by atoms with Crippen molar-refractivity contribution in [3.8, 4) is 0 Å². The Bertz CT molecular complexity index is 606. The Morgan fingerprint density at radius 3 is 1.34 bits per heavy atom. The zero-order chi connectivity index (χ0) is 24.5. The molecule has 0 heterocycles. The number of amides is 2. The zero-order valence-electron chi connectivity index (χ0n) is 19.5. The van der Waals surface area contributed by atoms with E-state index in [-0.39, 0.29) is 24.4 Å². The van der Waals surface area contributed by atoms with Crippen LogP contribution in [-0.4, -0.2) is 62.6 Å². The van der Waals surface area contributed by atoms with Gasteiger partial charge in [-0.15, -0.1) is 0 Å². The predicted octanol–water partition coefficient (Wildman–Crippen LogP) is 3.01. The lowest BCUT2D eigenvalue weighted by atomic mass is 10.2. The van der Waals surface area contributed by atoms with E-state index in [1.165, 1.54) is 13.8 Å². The number of alkyl carbamates (subject to hydrolysis) is 2. The van der Waals surface area contributed by atoms with E-state index in [1.807, 2.05) is 0 Å². The number of hydrogen-bond donors (Lipinski definition) is 2. The number of nitrogens with one attached hydrogen (secondary N) is 2. The molecule has 0 spiro atoms. The first kappa shape index (κ1) is 29.0. The van der Waals surface area contributed by atoms with Gasteiger partial charge in [0.2, 0.25) is 0 Å². The lowest BCUT2D eigenvalue weighted by molar-refractivity contribution is -0.142. The van der Waals surface area contributed by atoms with Gasteiger partial charge < -0.3 is 29.6 Å². The molecule has 0 fully saturated rings. The summed E-state index contributed by atoms with van der Waals surface area (Å²) in [4.78, 5) is 45.9. The Hall–Kier alpha value is -3.04. The Labute approximate surface area is 189 Å². The number of ether oxygens (including phenoxy) is 4. The molecule has 2 unspecified atom stereocenters. The van der Waals surface area contributed by atoms with Crippen molar-refractivity contribution in [3.05, 3.63) is 24.3 Å². The van der Waals surface area contributed by atoms with Gasteiger partial charge in [-0.2, -0.15) is 0 Å². The molecule has 0 aliphatic rings. The van der Waals surface area contributed by atoms with Gasteiger partial charge in [-0.05, 0) is 40.5 Å². The first-order valence-corrected chi connectivity index (χ1v) is 10.6. The average Bonchev–Trinajstić information content (AvgIpc) is 2.71. The van der Waals surface area contributed by atoms with E-state index in [9.17, 15) is 19.2 Å². The van der Waals surface area contributed by atoms with E-state index in [0.29, 0.717) is 13.1 Å². The molecule has 0 aliphatic heterocycles.